The number of carbonyl (C=O) groups is 1. The molecule has 4 rings (SSSR count). The molecular weight excluding hydrogens is 324 g/mol. The van der Waals surface area contributed by atoms with Crippen LogP contribution in [0.15, 0.2) is 85.5 Å². The Morgan fingerprint density at radius 1 is 1.00 bits per heavy atom. The van der Waals surface area contributed by atoms with E-state index in [0.717, 1.165) is 33.8 Å². The maximum absolute atomic E-state index is 10.8. The molecule has 0 aliphatic carbocycles. The molecule has 0 saturated heterocycles. The number of hydrogen-bond donors (Lipinski definition) is 1. The van der Waals surface area contributed by atoms with Gasteiger partial charge in [-0.1, -0.05) is 42.5 Å². The first-order valence-corrected chi connectivity index (χ1v) is 8.23. The maximum atomic E-state index is 10.8. The number of fused-ring (bicyclic) bond motifs is 1. The lowest BCUT2D eigenvalue weighted by atomic mass is 9.97. The van der Waals surface area contributed by atoms with Crippen LogP contribution in [0, 0.1) is 0 Å². The molecule has 3 aromatic carbocycles. The number of aromatic nitrogens is 2. The molecule has 4 aromatic rings. The smallest absolute Gasteiger partial charge is 0.328 e. The van der Waals surface area contributed by atoms with Crippen LogP contribution in [-0.2, 0) is 4.79 Å². The molecule has 126 valence electrons. The van der Waals surface area contributed by atoms with Crippen LogP contribution in [0.5, 0.6) is 0 Å². The van der Waals surface area contributed by atoms with Gasteiger partial charge in [-0.3, -0.25) is 0 Å². The Balaban J connectivity index is 1.90. The van der Waals surface area contributed by atoms with Crippen molar-refractivity contribution in [3.8, 4) is 16.8 Å². The summed E-state index contributed by atoms with van der Waals surface area (Å²) in [6.45, 7) is 0. The minimum atomic E-state index is -0.962. The Labute approximate surface area is 150 Å². The van der Waals surface area contributed by atoms with Crippen molar-refractivity contribution in [1.82, 2.24) is 9.55 Å². The van der Waals surface area contributed by atoms with E-state index in [1.807, 2.05) is 41.1 Å². The molecule has 0 radical (unpaired) electrons. The predicted octanol–water partition coefficient (Wildman–Crippen LogP) is 4.79. The standard InChI is InChI=1S/C22H16N2O2/c25-22(26)10-6-16-5-9-21(24-12-11-23-15-24)20(13-16)19-8-7-17-3-1-2-4-18(17)14-19/h1-15H,(H,25,26)/b10-6+. The topological polar surface area (TPSA) is 55.1 Å². The lowest BCUT2D eigenvalue weighted by molar-refractivity contribution is -0.131. The number of hydrogen-bond acceptors (Lipinski definition) is 2. The van der Waals surface area contributed by atoms with Crippen LogP contribution in [0.4, 0.5) is 0 Å². The number of carboxylic acids is 1. The average molecular weight is 340 g/mol. The van der Waals surface area contributed by atoms with Crippen molar-refractivity contribution in [2.75, 3.05) is 0 Å². The van der Waals surface area contributed by atoms with Crippen LogP contribution in [0.1, 0.15) is 5.56 Å². The fourth-order valence-electron chi connectivity index (χ4n) is 3.04. The lowest BCUT2D eigenvalue weighted by Crippen LogP contribution is -1.95. The highest BCUT2D eigenvalue weighted by Crippen LogP contribution is 2.31. The van der Waals surface area contributed by atoms with E-state index in [9.17, 15) is 4.79 Å². The van der Waals surface area contributed by atoms with Crippen LogP contribution < -0.4 is 0 Å². The number of benzene rings is 3. The zero-order valence-corrected chi connectivity index (χ0v) is 13.9. The van der Waals surface area contributed by atoms with Crippen LogP contribution >= 0.6 is 0 Å². The number of aliphatic carboxylic acids is 1. The highest BCUT2D eigenvalue weighted by Gasteiger charge is 2.09. The van der Waals surface area contributed by atoms with Gasteiger partial charge in [-0.2, -0.15) is 0 Å². The molecule has 0 amide bonds. The van der Waals surface area contributed by atoms with E-state index in [0.29, 0.717) is 0 Å². The van der Waals surface area contributed by atoms with Gasteiger partial charge in [0.25, 0.3) is 0 Å². The molecule has 1 N–H and O–H groups in total. The maximum Gasteiger partial charge on any atom is 0.328 e. The van der Waals surface area contributed by atoms with Crippen molar-refractivity contribution in [2.24, 2.45) is 0 Å². The minimum absolute atomic E-state index is 0.833. The van der Waals surface area contributed by atoms with Crippen LogP contribution in [-0.4, -0.2) is 20.6 Å². The first-order chi connectivity index (χ1) is 12.7. The molecule has 0 aliphatic rings. The van der Waals surface area contributed by atoms with Gasteiger partial charge in [-0.05, 0) is 46.2 Å². The molecule has 1 heterocycles. The van der Waals surface area contributed by atoms with Gasteiger partial charge in [0, 0.05) is 24.0 Å². The summed E-state index contributed by atoms with van der Waals surface area (Å²) in [4.78, 5) is 15.0. The zero-order chi connectivity index (χ0) is 17.9. The summed E-state index contributed by atoms with van der Waals surface area (Å²) in [7, 11) is 0. The van der Waals surface area contributed by atoms with Crippen LogP contribution in [0.25, 0.3) is 33.7 Å². The Hall–Kier alpha value is -3.66. The lowest BCUT2D eigenvalue weighted by Gasteiger charge is -2.13. The van der Waals surface area contributed by atoms with Crippen molar-refractivity contribution in [2.45, 2.75) is 0 Å². The summed E-state index contributed by atoms with van der Waals surface area (Å²) in [5.41, 5.74) is 3.91. The molecule has 0 atom stereocenters. The van der Waals surface area contributed by atoms with E-state index in [1.165, 1.54) is 5.39 Å². The quantitative estimate of drug-likeness (QED) is 0.543. The van der Waals surface area contributed by atoms with Crippen LogP contribution in [0.3, 0.4) is 0 Å². The van der Waals surface area contributed by atoms with Crippen molar-refractivity contribution >= 4 is 22.8 Å². The van der Waals surface area contributed by atoms with Crippen LogP contribution in [0.2, 0.25) is 0 Å². The van der Waals surface area contributed by atoms with Gasteiger partial charge in [0.1, 0.15) is 0 Å². The van der Waals surface area contributed by atoms with Crippen molar-refractivity contribution in [3.05, 3.63) is 91.0 Å². The van der Waals surface area contributed by atoms with E-state index >= 15 is 0 Å². The normalized spacial score (nSPS) is 11.2. The number of rotatable bonds is 4. The zero-order valence-electron chi connectivity index (χ0n) is 13.9. The number of nitrogens with zero attached hydrogens (tertiary/aromatic N) is 2. The van der Waals surface area contributed by atoms with Gasteiger partial charge >= 0.3 is 5.97 Å². The monoisotopic (exact) mass is 340 g/mol. The molecule has 0 fully saturated rings. The Morgan fingerprint density at radius 3 is 2.62 bits per heavy atom. The second-order valence-electron chi connectivity index (χ2n) is 5.98. The molecular formula is C22H16N2O2. The molecule has 4 nitrogen and oxygen atoms in total. The molecule has 26 heavy (non-hydrogen) atoms. The summed E-state index contributed by atoms with van der Waals surface area (Å²) in [5.74, 6) is -0.962. The fraction of sp³-hybridized carbons (Fsp3) is 0. The Bertz CT molecular complexity index is 1110. The molecule has 4 heteroatoms. The third kappa shape index (κ3) is 3.13. The summed E-state index contributed by atoms with van der Waals surface area (Å²) in [6.07, 6.45) is 8.14. The highest BCUT2D eigenvalue weighted by atomic mass is 16.4. The summed E-state index contributed by atoms with van der Waals surface area (Å²) < 4.78 is 1.95. The van der Waals surface area contributed by atoms with E-state index in [-0.39, 0.29) is 0 Å². The van der Waals surface area contributed by atoms with Gasteiger partial charge in [-0.15, -0.1) is 0 Å². The highest BCUT2D eigenvalue weighted by molar-refractivity contribution is 5.90. The third-order valence-corrected chi connectivity index (χ3v) is 4.28. The molecule has 0 saturated carbocycles. The number of carboxylic acid groups (broad SMARTS) is 1. The van der Waals surface area contributed by atoms with E-state index in [1.54, 1.807) is 18.6 Å². The average Bonchev–Trinajstić information content (AvgIpc) is 3.20. The van der Waals surface area contributed by atoms with E-state index in [4.69, 9.17) is 5.11 Å². The summed E-state index contributed by atoms with van der Waals surface area (Å²) in [5, 5.41) is 11.2. The Kier molecular flexibility index (Phi) is 4.07. The largest absolute Gasteiger partial charge is 0.478 e. The molecule has 0 spiro atoms. The van der Waals surface area contributed by atoms with Gasteiger partial charge in [-0.25, -0.2) is 9.78 Å². The van der Waals surface area contributed by atoms with Gasteiger partial charge < -0.3 is 9.67 Å². The molecule has 0 unspecified atom stereocenters. The molecule has 0 bridgehead atoms. The first kappa shape index (κ1) is 15.8. The molecule has 1 aromatic heterocycles. The third-order valence-electron chi connectivity index (χ3n) is 4.28. The van der Waals surface area contributed by atoms with E-state index < -0.39 is 5.97 Å². The number of imidazole rings is 1. The summed E-state index contributed by atoms with van der Waals surface area (Å²) >= 11 is 0. The minimum Gasteiger partial charge on any atom is -0.478 e. The first-order valence-electron chi connectivity index (χ1n) is 8.23. The van der Waals surface area contributed by atoms with Gasteiger partial charge in [0.05, 0.1) is 12.0 Å². The SMILES string of the molecule is O=C(O)/C=C/c1ccc(-n2ccnc2)c(-c2ccc3ccccc3c2)c1. The van der Waals surface area contributed by atoms with Crippen molar-refractivity contribution in [3.63, 3.8) is 0 Å². The Morgan fingerprint density at radius 2 is 1.85 bits per heavy atom. The summed E-state index contributed by atoms with van der Waals surface area (Å²) in [6, 6.07) is 20.4. The second kappa shape index (κ2) is 6.69. The molecule has 0 aliphatic heterocycles. The van der Waals surface area contributed by atoms with E-state index in [2.05, 4.69) is 35.3 Å². The second-order valence-corrected chi connectivity index (χ2v) is 5.98. The predicted molar refractivity (Wildman–Crippen MR) is 103 cm³/mol. The fourth-order valence-corrected chi connectivity index (χ4v) is 3.04. The van der Waals surface area contributed by atoms with Gasteiger partial charge in [0.2, 0.25) is 0 Å². The van der Waals surface area contributed by atoms with Gasteiger partial charge in [0.15, 0.2) is 0 Å². The van der Waals surface area contributed by atoms with Crippen molar-refractivity contribution < 1.29 is 9.90 Å². The van der Waals surface area contributed by atoms with Crippen molar-refractivity contribution in [1.29, 1.82) is 0 Å².